The molecule has 2 rings (SSSR count). The molecule has 3 unspecified atom stereocenters. The van der Waals surface area contributed by atoms with E-state index in [-0.39, 0.29) is 0 Å². The van der Waals surface area contributed by atoms with Crippen molar-refractivity contribution in [3.63, 3.8) is 0 Å². The minimum absolute atomic E-state index is 0.578. The quantitative estimate of drug-likeness (QED) is 0.814. The fourth-order valence-electron chi connectivity index (χ4n) is 3.26. The predicted octanol–water partition coefficient (Wildman–Crippen LogP) is 4.34. The van der Waals surface area contributed by atoms with E-state index in [1.807, 2.05) is 0 Å². The van der Waals surface area contributed by atoms with Gasteiger partial charge in [-0.15, -0.1) is 0 Å². The van der Waals surface area contributed by atoms with Crippen molar-refractivity contribution < 1.29 is 0 Å². The summed E-state index contributed by atoms with van der Waals surface area (Å²) < 4.78 is 0. The van der Waals surface area contributed by atoms with Gasteiger partial charge in [0.05, 0.1) is 0 Å². The molecule has 0 saturated carbocycles. The molecule has 18 heavy (non-hydrogen) atoms. The summed E-state index contributed by atoms with van der Waals surface area (Å²) in [7, 11) is 0. The van der Waals surface area contributed by atoms with Gasteiger partial charge in [-0.25, -0.2) is 0 Å². The number of benzene rings is 1. The summed E-state index contributed by atoms with van der Waals surface area (Å²) in [6, 6.07) is 9.57. The van der Waals surface area contributed by atoms with Gasteiger partial charge in [-0.1, -0.05) is 51.5 Å². The van der Waals surface area contributed by atoms with Crippen LogP contribution in [0.5, 0.6) is 0 Å². The minimum Gasteiger partial charge on any atom is -0.310 e. The van der Waals surface area contributed by atoms with Crippen LogP contribution < -0.4 is 5.32 Å². The van der Waals surface area contributed by atoms with Crippen LogP contribution in [0.4, 0.5) is 0 Å². The van der Waals surface area contributed by atoms with Crippen LogP contribution in [0.3, 0.4) is 0 Å². The van der Waals surface area contributed by atoms with Crippen molar-refractivity contribution in [1.82, 2.24) is 5.32 Å². The molecule has 3 atom stereocenters. The number of aryl methyl sites for hydroxylation is 1. The van der Waals surface area contributed by atoms with Gasteiger partial charge in [0, 0.05) is 6.04 Å². The van der Waals surface area contributed by atoms with E-state index in [9.17, 15) is 0 Å². The Morgan fingerprint density at radius 2 is 2.06 bits per heavy atom. The zero-order chi connectivity index (χ0) is 13.0. The third kappa shape index (κ3) is 2.95. The molecule has 0 heterocycles. The monoisotopic (exact) mass is 245 g/mol. The van der Waals surface area contributed by atoms with Crippen LogP contribution in [0.25, 0.3) is 0 Å². The minimum atomic E-state index is 0.578. The van der Waals surface area contributed by atoms with Crippen LogP contribution in [0, 0.1) is 11.8 Å². The summed E-state index contributed by atoms with van der Waals surface area (Å²) in [5, 5.41) is 3.72. The highest BCUT2D eigenvalue weighted by atomic mass is 14.9. The fourth-order valence-corrected chi connectivity index (χ4v) is 3.26. The smallest absolute Gasteiger partial charge is 0.0351 e. The van der Waals surface area contributed by atoms with Crippen molar-refractivity contribution in [1.29, 1.82) is 0 Å². The van der Waals surface area contributed by atoms with E-state index in [0.717, 1.165) is 18.4 Å². The van der Waals surface area contributed by atoms with Gasteiger partial charge in [0.25, 0.3) is 0 Å². The average Bonchev–Trinajstić information content (AvgIpc) is 2.41. The van der Waals surface area contributed by atoms with Gasteiger partial charge in [-0.2, -0.15) is 0 Å². The second-order valence-corrected chi connectivity index (χ2v) is 5.78. The summed E-state index contributed by atoms with van der Waals surface area (Å²) in [5.41, 5.74) is 3.11. The standard InChI is InChI=1S/C17H27N/c1-4-13(3)12-15-11-10-14-8-6-7-9-16(14)17(15)18-5-2/h6-9,13,15,17-18H,4-5,10-12H2,1-3H3. The molecule has 100 valence electrons. The second-order valence-electron chi connectivity index (χ2n) is 5.78. The molecule has 0 fully saturated rings. The van der Waals surface area contributed by atoms with Gasteiger partial charge in [-0.05, 0) is 48.8 Å². The summed E-state index contributed by atoms with van der Waals surface area (Å²) in [6.45, 7) is 7.99. The normalized spacial score (nSPS) is 24.6. The highest BCUT2D eigenvalue weighted by molar-refractivity contribution is 5.33. The number of hydrogen-bond acceptors (Lipinski definition) is 1. The molecule has 0 saturated heterocycles. The lowest BCUT2D eigenvalue weighted by Crippen LogP contribution is -2.33. The van der Waals surface area contributed by atoms with Crippen molar-refractivity contribution in [2.75, 3.05) is 6.54 Å². The Bertz CT molecular complexity index is 372. The van der Waals surface area contributed by atoms with Crippen LogP contribution in [-0.2, 0) is 6.42 Å². The van der Waals surface area contributed by atoms with Crippen molar-refractivity contribution in [2.24, 2.45) is 11.8 Å². The summed E-state index contributed by atoms with van der Waals surface area (Å²) in [4.78, 5) is 0. The molecule has 1 nitrogen and oxygen atoms in total. The molecular weight excluding hydrogens is 218 g/mol. The molecular formula is C17H27N. The first-order chi connectivity index (χ1) is 8.76. The van der Waals surface area contributed by atoms with Gasteiger partial charge < -0.3 is 5.32 Å². The topological polar surface area (TPSA) is 12.0 Å². The van der Waals surface area contributed by atoms with E-state index >= 15 is 0 Å². The summed E-state index contributed by atoms with van der Waals surface area (Å²) in [5.74, 6) is 1.66. The molecule has 1 N–H and O–H groups in total. The lowest BCUT2D eigenvalue weighted by atomic mass is 9.75. The molecule has 1 aromatic rings. The number of nitrogens with one attached hydrogen (secondary N) is 1. The Morgan fingerprint density at radius 3 is 2.78 bits per heavy atom. The summed E-state index contributed by atoms with van der Waals surface area (Å²) in [6.07, 6.45) is 5.28. The molecule has 0 bridgehead atoms. The zero-order valence-electron chi connectivity index (χ0n) is 12.1. The van der Waals surface area contributed by atoms with E-state index in [1.54, 1.807) is 11.1 Å². The fraction of sp³-hybridized carbons (Fsp3) is 0.647. The Labute approximate surface area is 112 Å². The van der Waals surface area contributed by atoms with Crippen LogP contribution in [-0.4, -0.2) is 6.54 Å². The molecule has 1 heteroatoms. The Hall–Kier alpha value is -0.820. The van der Waals surface area contributed by atoms with Gasteiger partial charge >= 0.3 is 0 Å². The largest absolute Gasteiger partial charge is 0.310 e. The zero-order valence-corrected chi connectivity index (χ0v) is 12.1. The number of fused-ring (bicyclic) bond motifs is 1. The van der Waals surface area contributed by atoms with Gasteiger partial charge in [-0.3, -0.25) is 0 Å². The SMILES string of the molecule is CCNC1c2ccccc2CCC1CC(C)CC. The maximum Gasteiger partial charge on any atom is 0.0351 e. The van der Waals surface area contributed by atoms with Crippen LogP contribution in [0.2, 0.25) is 0 Å². The van der Waals surface area contributed by atoms with Crippen molar-refractivity contribution in [2.45, 2.75) is 52.5 Å². The molecule has 1 aliphatic carbocycles. The highest BCUT2D eigenvalue weighted by Gasteiger charge is 2.29. The Kier molecular flexibility index (Phi) is 4.82. The van der Waals surface area contributed by atoms with E-state index < -0.39 is 0 Å². The van der Waals surface area contributed by atoms with Gasteiger partial charge in [0.15, 0.2) is 0 Å². The lowest BCUT2D eigenvalue weighted by Gasteiger charge is -2.35. The summed E-state index contributed by atoms with van der Waals surface area (Å²) >= 11 is 0. The molecule has 0 spiro atoms. The maximum absolute atomic E-state index is 3.72. The average molecular weight is 245 g/mol. The first-order valence-corrected chi connectivity index (χ1v) is 7.57. The van der Waals surface area contributed by atoms with Crippen LogP contribution in [0.15, 0.2) is 24.3 Å². The van der Waals surface area contributed by atoms with Crippen LogP contribution in [0.1, 0.15) is 57.2 Å². The second kappa shape index (κ2) is 6.38. The number of hydrogen-bond donors (Lipinski definition) is 1. The van der Waals surface area contributed by atoms with E-state index in [1.165, 1.54) is 25.7 Å². The Balaban J connectivity index is 2.18. The van der Waals surface area contributed by atoms with Gasteiger partial charge in [0.1, 0.15) is 0 Å². The third-order valence-corrected chi connectivity index (χ3v) is 4.47. The Morgan fingerprint density at radius 1 is 1.28 bits per heavy atom. The molecule has 1 aliphatic rings. The third-order valence-electron chi connectivity index (χ3n) is 4.47. The first-order valence-electron chi connectivity index (χ1n) is 7.57. The van der Waals surface area contributed by atoms with Gasteiger partial charge in [0.2, 0.25) is 0 Å². The molecule has 0 aliphatic heterocycles. The predicted molar refractivity (Wildman–Crippen MR) is 78.7 cm³/mol. The molecule has 0 radical (unpaired) electrons. The van der Waals surface area contributed by atoms with Crippen LogP contribution >= 0.6 is 0 Å². The molecule has 0 aromatic heterocycles. The van der Waals surface area contributed by atoms with Crippen molar-refractivity contribution in [3.05, 3.63) is 35.4 Å². The highest BCUT2D eigenvalue weighted by Crippen LogP contribution is 2.38. The van der Waals surface area contributed by atoms with Crippen molar-refractivity contribution in [3.8, 4) is 0 Å². The van der Waals surface area contributed by atoms with E-state index in [2.05, 4.69) is 50.4 Å². The molecule has 1 aromatic carbocycles. The van der Waals surface area contributed by atoms with Crippen molar-refractivity contribution >= 4 is 0 Å². The number of rotatable bonds is 5. The lowest BCUT2D eigenvalue weighted by molar-refractivity contribution is 0.267. The maximum atomic E-state index is 3.72. The van der Waals surface area contributed by atoms with E-state index in [4.69, 9.17) is 0 Å². The van der Waals surface area contributed by atoms with E-state index in [0.29, 0.717) is 6.04 Å². The molecule has 0 amide bonds. The first kappa shape index (κ1) is 13.6.